The molecular formula is C29H56O4. The third kappa shape index (κ3) is 25.4. The molecule has 0 fully saturated rings. The summed E-state index contributed by atoms with van der Waals surface area (Å²) in [6.07, 6.45) is 24.5. The predicted octanol–water partition coefficient (Wildman–Crippen LogP) is 8.94. The van der Waals surface area contributed by atoms with Gasteiger partial charge in [-0.05, 0) is 25.2 Å². The number of ether oxygens (including phenoxy) is 2. The molecule has 0 aromatic carbocycles. The van der Waals surface area contributed by atoms with Crippen molar-refractivity contribution in [1.82, 2.24) is 0 Å². The van der Waals surface area contributed by atoms with E-state index in [1.807, 2.05) is 0 Å². The number of hydrogen-bond donors (Lipinski definition) is 0. The van der Waals surface area contributed by atoms with E-state index in [2.05, 4.69) is 20.8 Å². The second kappa shape index (κ2) is 25.6. The Morgan fingerprint density at radius 2 is 0.939 bits per heavy atom. The molecule has 0 saturated carbocycles. The molecule has 0 radical (unpaired) electrons. The van der Waals surface area contributed by atoms with Crippen LogP contribution in [0.1, 0.15) is 156 Å². The van der Waals surface area contributed by atoms with Crippen LogP contribution in [-0.2, 0) is 19.1 Å². The molecule has 0 spiro atoms. The van der Waals surface area contributed by atoms with Gasteiger partial charge >= 0.3 is 11.9 Å². The van der Waals surface area contributed by atoms with Crippen molar-refractivity contribution in [3.8, 4) is 0 Å². The van der Waals surface area contributed by atoms with Gasteiger partial charge < -0.3 is 9.47 Å². The van der Waals surface area contributed by atoms with Gasteiger partial charge in [0.25, 0.3) is 0 Å². The summed E-state index contributed by atoms with van der Waals surface area (Å²) in [6.45, 7) is 7.57. The molecule has 4 nitrogen and oxygen atoms in total. The minimum atomic E-state index is -0.0179. The first-order valence-corrected chi connectivity index (χ1v) is 14.4. The topological polar surface area (TPSA) is 52.6 Å². The standard InChI is InChI=1S/C29H56O4/c1-4-6-24-32-28(30)23-21-19-17-15-13-11-9-8-10-12-14-16-18-20-22-27(3)26-29(31)33-25-7-5-2/h27H,4-26H2,1-3H3. The van der Waals surface area contributed by atoms with Crippen LogP contribution in [0.5, 0.6) is 0 Å². The van der Waals surface area contributed by atoms with Gasteiger partial charge in [-0.3, -0.25) is 9.59 Å². The zero-order valence-corrected chi connectivity index (χ0v) is 22.5. The van der Waals surface area contributed by atoms with E-state index >= 15 is 0 Å². The van der Waals surface area contributed by atoms with Gasteiger partial charge in [-0.25, -0.2) is 0 Å². The molecular weight excluding hydrogens is 412 g/mol. The minimum absolute atomic E-state index is 0.0160. The number of carbonyl (C=O) groups excluding carboxylic acids is 2. The molecule has 0 amide bonds. The van der Waals surface area contributed by atoms with Gasteiger partial charge in [0.15, 0.2) is 0 Å². The van der Waals surface area contributed by atoms with E-state index in [1.54, 1.807) is 0 Å². The molecule has 0 rings (SSSR count). The number of unbranched alkanes of at least 4 members (excludes halogenated alkanes) is 15. The quantitative estimate of drug-likeness (QED) is 0.0991. The Morgan fingerprint density at radius 3 is 1.39 bits per heavy atom. The van der Waals surface area contributed by atoms with Gasteiger partial charge in [0.05, 0.1) is 13.2 Å². The van der Waals surface area contributed by atoms with Crippen molar-refractivity contribution in [1.29, 1.82) is 0 Å². The lowest BCUT2D eigenvalue weighted by Crippen LogP contribution is -2.10. The molecule has 0 aliphatic carbocycles. The van der Waals surface area contributed by atoms with Crippen LogP contribution >= 0.6 is 0 Å². The molecule has 0 saturated heterocycles. The fourth-order valence-electron chi connectivity index (χ4n) is 4.06. The molecule has 1 unspecified atom stereocenters. The third-order valence-electron chi connectivity index (χ3n) is 6.36. The average Bonchev–Trinajstić information content (AvgIpc) is 2.79. The summed E-state index contributed by atoms with van der Waals surface area (Å²) in [5.41, 5.74) is 0. The first-order valence-electron chi connectivity index (χ1n) is 14.4. The van der Waals surface area contributed by atoms with Crippen LogP contribution in [0.2, 0.25) is 0 Å². The van der Waals surface area contributed by atoms with Crippen molar-refractivity contribution in [3.63, 3.8) is 0 Å². The van der Waals surface area contributed by atoms with Crippen molar-refractivity contribution in [2.75, 3.05) is 13.2 Å². The summed E-state index contributed by atoms with van der Waals surface area (Å²) in [4.78, 5) is 23.2. The zero-order chi connectivity index (χ0) is 24.4. The highest BCUT2D eigenvalue weighted by Crippen LogP contribution is 2.17. The number of esters is 2. The first-order chi connectivity index (χ1) is 16.1. The monoisotopic (exact) mass is 468 g/mol. The molecule has 0 heterocycles. The lowest BCUT2D eigenvalue weighted by Gasteiger charge is -2.11. The molecule has 0 aliphatic rings. The van der Waals surface area contributed by atoms with Gasteiger partial charge in [-0.2, -0.15) is 0 Å². The van der Waals surface area contributed by atoms with Gasteiger partial charge in [-0.15, -0.1) is 0 Å². The van der Waals surface area contributed by atoms with Crippen LogP contribution in [0.3, 0.4) is 0 Å². The maximum absolute atomic E-state index is 11.7. The summed E-state index contributed by atoms with van der Waals surface area (Å²) in [6, 6.07) is 0. The Labute approximate surface area is 206 Å². The Bertz CT molecular complexity index is 435. The van der Waals surface area contributed by atoms with Crippen molar-refractivity contribution in [2.24, 2.45) is 5.92 Å². The van der Waals surface area contributed by atoms with Crippen LogP contribution in [0.4, 0.5) is 0 Å². The zero-order valence-electron chi connectivity index (χ0n) is 22.5. The molecule has 0 bridgehead atoms. The van der Waals surface area contributed by atoms with Gasteiger partial charge in [0.2, 0.25) is 0 Å². The van der Waals surface area contributed by atoms with Gasteiger partial charge in [-0.1, -0.05) is 124 Å². The van der Waals surface area contributed by atoms with Crippen molar-refractivity contribution < 1.29 is 19.1 Å². The highest BCUT2D eigenvalue weighted by molar-refractivity contribution is 5.69. The molecule has 4 heteroatoms. The largest absolute Gasteiger partial charge is 0.466 e. The Hall–Kier alpha value is -1.06. The smallest absolute Gasteiger partial charge is 0.306 e. The van der Waals surface area contributed by atoms with Crippen LogP contribution in [0, 0.1) is 5.92 Å². The highest BCUT2D eigenvalue weighted by Gasteiger charge is 2.09. The maximum Gasteiger partial charge on any atom is 0.306 e. The van der Waals surface area contributed by atoms with E-state index in [0.717, 1.165) is 44.9 Å². The molecule has 1 atom stereocenters. The lowest BCUT2D eigenvalue weighted by atomic mass is 9.98. The summed E-state index contributed by atoms with van der Waals surface area (Å²) in [7, 11) is 0. The molecule has 0 aliphatic heterocycles. The molecule has 0 aromatic heterocycles. The fraction of sp³-hybridized carbons (Fsp3) is 0.931. The van der Waals surface area contributed by atoms with Crippen molar-refractivity contribution in [2.45, 2.75) is 156 Å². The van der Waals surface area contributed by atoms with Crippen LogP contribution in [-0.4, -0.2) is 25.2 Å². The number of carbonyl (C=O) groups is 2. The van der Waals surface area contributed by atoms with Gasteiger partial charge in [0, 0.05) is 12.8 Å². The Balaban J connectivity index is 3.23. The molecule has 0 N–H and O–H groups in total. The number of hydrogen-bond acceptors (Lipinski definition) is 4. The Kier molecular flexibility index (Phi) is 24.7. The predicted molar refractivity (Wildman–Crippen MR) is 139 cm³/mol. The van der Waals surface area contributed by atoms with E-state index in [-0.39, 0.29) is 11.9 Å². The second-order valence-corrected chi connectivity index (χ2v) is 9.95. The maximum atomic E-state index is 11.7. The van der Waals surface area contributed by atoms with E-state index in [9.17, 15) is 9.59 Å². The van der Waals surface area contributed by atoms with Crippen LogP contribution in [0.15, 0.2) is 0 Å². The van der Waals surface area contributed by atoms with E-state index in [0.29, 0.717) is 32.0 Å². The summed E-state index contributed by atoms with van der Waals surface area (Å²) < 4.78 is 10.4. The van der Waals surface area contributed by atoms with Crippen LogP contribution in [0.25, 0.3) is 0 Å². The van der Waals surface area contributed by atoms with Crippen LogP contribution < -0.4 is 0 Å². The van der Waals surface area contributed by atoms with E-state index in [1.165, 1.54) is 77.0 Å². The third-order valence-corrected chi connectivity index (χ3v) is 6.36. The molecule has 33 heavy (non-hydrogen) atoms. The normalized spacial score (nSPS) is 12.0. The SMILES string of the molecule is CCCCOC(=O)CCCCCCCCCCCCCCCCC(C)CC(=O)OCCCC. The molecule has 0 aromatic rings. The average molecular weight is 469 g/mol. The Morgan fingerprint density at radius 1 is 0.545 bits per heavy atom. The lowest BCUT2D eigenvalue weighted by molar-refractivity contribution is -0.145. The number of rotatable bonds is 25. The second-order valence-electron chi connectivity index (χ2n) is 9.95. The minimum Gasteiger partial charge on any atom is -0.466 e. The highest BCUT2D eigenvalue weighted by atomic mass is 16.5. The van der Waals surface area contributed by atoms with E-state index in [4.69, 9.17) is 9.47 Å². The van der Waals surface area contributed by atoms with Gasteiger partial charge in [0.1, 0.15) is 0 Å². The van der Waals surface area contributed by atoms with Crippen molar-refractivity contribution in [3.05, 3.63) is 0 Å². The van der Waals surface area contributed by atoms with Crippen molar-refractivity contribution >= 4 is 11.9 Å². The first kappa shape index (κ1) is 31.9. The van der Waals surface area contributed by atoms with E-state index < -0.39 is 0 Å². The summed E-state index contributed by atoms with van der Waals surface area (Å²) in [5, 5.41) is 0. The summed E-state index contributed by atoms with van der Waals surface area (Å²) in [5.74, 6) is 0.416. The molecule has 196 valence electrons. The fourth-order valence-corrected chi connectivity index (χ4v) is 4.06. The summed E-state index contributed by atoms with van der Waals surface area (Å²) >= 11 is 0.